The molecule has 0 amide bonds. The smallest absolute Gasteiger partial charge is 0.133 e. The molecule has 0 aliphatic heterocycles. The summed E-state index contributed by atoms with van der Waals surface area (Å²) >= 11 is 0. The Bertz CT molecular complexity index is 111. The van der Waals surface area contributed by atoms with Crippen LogP contribution in [0.25, 0.3) is 0 Å². The van der Waals surface area contributed by atoms with Crippen molar-refractivity contribution in [1.29, 1.82) is 0 Å². The molecule has 0 aliphatic carbocycles. The Morgan fingerprint density at radius 2 is 2.11 bits per heavy atom. The lowest BCUT2D eigenvalue weighted by atomic mass is 10.1. The van der Waals surface area contributed by atoms with Crippen LogP contribution >= 0.6 is 8.25 Å². The van der Waals surface area contributed by atoms with Gasteiger partial charge < -0.3 is 0 Å². The first-order valence-corrected chi connectivity index (χ1v) is 3.96. The van der Waals surface area contributed by atoms with E-state index in [4.69, 9.17) is 4.89 Å². The van der Waals surface area contributed by atoms with E-state index < -0.39 is 13.9 Å². The lowest BCUT2D eigenvalue weighted by Crippen LogP contribution is -2.18. The van der Waals surface area contributed by atoms with Crippen LogP contribution in [0.4, 0.5) is 0 Å². The molecule has 1 N–H and O–H groups in total. The highest BCUT2D eigenvalue weighted by Crippen LogP contribution is 2.27. The van der Waals surface area contributed by atoms with E-state index >= 15 is 0 Å². The molecule has 0 rings (SSSR count). The van der Waals surface area contributed by atoms with Crippen LogP contribution in [-0.4, -0.2) is 10.5 Å². The van der Waals surface area contributed by atoms with Crippen LogP contribution < -0.4 is 0 Å². The summed E-state index contributed by atoms with van der Waals surface area (Å²) < 4.78 is 14.8. The van der Waals surface area contributed by atoms with Crippen molar-refractivity contribution in [2.24, 2.45) is 0 Å². The predicted octanol–water partition coefficient (Wildman–Crippen LogP) is 1.84. The van der Waals surface area contributed by atoms with Gasteiger partial charge in [-0.2, -0.15) is 0 Å². The quantitative estimate of drug-likeness (QED) is 0.626. The Morgan fingerprint density at radius 3 is 2.22 bits per heavy atom. The molecule has 1 unspecified atom stereocenters. The minimum atomic E-state index is -2.44. The molecule has 0 aromatic rings. The number of hydrogen-bond donors (Lipinski definition) is 1. The highest BCUT2D eigenvalue weighted by Gasteiger charge is 2.28. The Balaban J connectivity index is 3.71. The molecule has 0 aromatic carbocycles. The topological polar surface area (TPSA) is 46.5 Å². The minimum Gasteiger partial charge on any atom is -0.133 e. The molecular weight excluding hydrogens is 139 g/mol. The molecule has 0 bridgehead atoms. The van der Waals surface area contributed by atoms with Crippen LogP contribution in [0, 0.1) is 0 Å². The van der Waals surface area contributed by atoms with Gasteiger partial charge >= 0.3 is 8.25 Å². The number of rotatable bonds is 3. The van der Waals surface area contributed by atoms with E-state index in [1.54, 1.807) is 13.8 Å². The molecule has 1 atom stereocenters. The molecule has 0 aliphatic rings. The summed E-state index contributed by atoms with van der Waals surface area (Å²) in [5.41, 5.74) is -0.470. The van der Waals surface area contributed by atoms with Gasteiger partial charge in [-0.15, -0.1) is 9.42 Å². The fourth-order valence-electron chi connectivity index (χ4n) is 0.276. The first kappa shape index (κ1) is 9.02. The van der Waals surface area contributed by atoms with E-state index in [2.05, 4.69) is 4.52 Å². The van der Waals surface area contributed by atoms with Gasteiger partial charge in [0.25, 0.3) is 0 Å². The highest BCUT2D eigenvalue weighted by molar-refractivity contribution is 7.32. The molecule has 3 nitrogen and oxygen atoms in total. The SMILES string of the molecule is CCC(C)(C)O[P+](=O)O. The molecule has 0 heterocycles. The Kier molecular flexibility index (Phi) is 3.26. The van der Waals surface area contributed by atoms with Gasteiger partial charge in [-0.3, -0.25) is 0 Å². The zero-order valence-corrected chi connectivity index (χ0v) is 6.81. The zero-order valence-electron chi connectivity index (χ0n) is 5.92. The van der Waals surface area contributed by atoms with Crippen molar-refractivity contribution >= 4 is 8.25 Å². The van der Waals surface area contributed by atoms with Crippen molar-refractivity contribution < 1.29 is 14.0 Å². The summed E-state index contributed by atoms with van der Waals surface area (Å²) in [6.45, 7) is 5.45. The Morgan fingerprint density at radius 1 is 1.67 bits per heavy atom. The highest BCUT2D eigenvalue weighted by atomic mass is 31.1. The van der Waals surface area contributed by atoms with Crippen molar-refractivity contribution in [2.45, 2.75) is 32.8 Å². The molecule has 0 aromatic heterocycles. The van der Waals surface area contributed by atoms with Gasteiger partial charge in [-0.05, 0) is 20.3 Å². The first-order chi connectivity index (χ1) is 3.98. The molecule has 0 saturated carbocycles. The van der Waals surface area contributed by atoms with Crippen LogP contribution in [-0.2, 0) is 9.09 Å². The van der Waals surface area contributed by atoms with Crippen LogP contribution in [0.1, 0.15) is 27.2 Å². The molecule has 0 saturated heterocycles. The normalized spacial score (nSPS) is 13.6. The van der Waals surface area contributed by atoms with Crippen molar-refractivity contribution in [3.8, 4) is 0 Å². The van der Waals surface area contributed by atoms with Crippen LogP contribution in [0.3, 0.4) is 0 Å². The standard InChI is InChI=1S/C5H11O3P/c1-4-5(2,3)8-9(6)7/h4H2,1-3H3/p+1. The van der Waals surface area contributed by atoms with Crippen molar-refractivity contribution in [2.75, 3.05) is 0 Å². The first-order valence-electron chi connectivity index (χ1n) is 2.83. The molecule has 4 heteroatoms. The second kappa shape index (κ2) is 3.25. The summed E-state index contributed by atoms with van der Waals surface area (Å²) in [6, 6.07) is 0. The third-order valence-electron chi connectivity index (χ3n) is 1.18. The van der Waals surface area contributed by atoms with Gasteiger partial charge in [0, 0.05) is 4.57 Å². The van der Waals surface area contributed by atoms with E-state index in [9.17, 15) is 4.57 Å². The minimum absolute atomic E-state index is 0.470. The summed E-state index contributed by atoms with van der Waals surface area (Å²) in [5, 5.41) is 0. The fraction of sp³-hybridized carbons (Fsp3) is 1.00. The van der Waals surface area contributed by atoms with E-state index in [0.717, 1.165) is 6.42 Å². The van der Waals surface area contributed by atoms with Gasteiger partial charge in [0.1, 0.15) is 5.60 Å². The molecule has 54 valence electrons. The monoisotopic (exact) mass is 151 g/mol. The van der Waals surface area contributed by atoms with Gasteiger partial charge in [0.2, 0.25) is 0 Å². The van der Waals surface area contributed by atoms with E-state index in [-0.39, 0.29) is 0 Å². The molecule has 9 heavy (non-hydrogen) atoms. The van der Waals surface area contributed by atoms with Gasteiger partial charge in [-0.1, -0.05) is 6.92 Å². The third-order valence-corrected chi connectivity index (χ3v) is 1.83. The van der Waals surface area contributed by atoms with Crippen molar-refractivity contribution in [3.63, 3.8) is 0 Å². The summed E-state index contributed by atoms with van der Waals surface area (Å²) in [7, 11) is -2.44. The van der Waals surface area contributed by atoms with Crippen LogP contribution in [0.15, 0.2) is 0 Å². The number of hydrogen-bond acceptors (Lipinski definition) is 2. The zero-order chi connectivity index (χ0) is 7.49. The van der Waals surface area contributed by atoms with Gasteiger partial charge in [0.15, 0.2) is 0 Å². The average Bonchev–Trinajstić information content (AvgIpc) is 1.63. The second-order valence-electron chi connectivity index (χ2n) is 2.44. The predicted molar refractivity (Wildman–Crippen MR) is 35.3 cm³/mol. The summed E-state index contributed by atoms with van der Waals surface area (Å²) in [5.74, 6) is 0. The molecular formula is C5H12O3P+. The summed E-state index contributed by atoms with van der Waals surface area (Å²) in [4.78, 5) is 8.31. The van der Waals surface area contributed by atoms with E-state index in [1.807, 2.05) is 6.92 Å². The van der Waals surface area contributed by atoms with Crippen LogP contribution in [0.5, 0.6) is 0 Å². The van der Waals surface area contributed by atoms with Gasteiger partial charge in [0.05, 0.1) is 0 Å². The Hall–Kier alpha value is 0.0200. The van der Waals surface area contributed by atoms with Crippen molar-refractivity contribution in [1.82, 2.24) is 0 Å². The third kappa shape index (κ3) is 4.52. The lowest BCUT2D eigenvalue weighted by Gasteiger charge is -2.12. The lowest BCUT2D eigenvalue weighted by molar-refractivity contribution is 0.0994. The second-order valence-corrected chi connectivity index (χ2v) is 3.10. The maximum Gasteiger partial charge on any atom is 0.695 e. The maximum absolute atomic E-state index is 10.1. The molecule has 0 fully saturated rings. The van der Waals surface area contributed by atoms with Crippen molar-refractivity contribution in [3.05, 3.63) is 0 Å². The largest absolute Gasteiger partial charge is 0.695 e. The Labute approximate surface area is 56.0 Å². The summed E-state index contributed by atoms with van der Waals surface area (Å²) in [6.07, 6.45) is 0.731. The fourth-order valence-corrected chi connectivity index (χ4v) is 0.828. The molecule has 0 spiro atoms. The van der Waals surface area contributed by atoms with E-state index in [0.29, 0.717) is 0 Å². The van der Waals surface area contributed by atoms with Gasteiger partial charge in [-0.25, -0.2) is 0 Å². The maximum atomic E-state index is 10.1. The van der Waals surface area contributed by atoms with Crippen LogP contribution in [0.2, 0.25) is 0 Å². The molecule has 0 radical (unpaired) electrons. The average molecular weight is 151 g/mol. The van der Waals surface area contributed by atoms with E-state index in [1.165, 1.54) is 0 Å².